The Labute approximate surface area is 78.6 Å². The zero-order chi connectivity index (χ0) is 9.68. The number of methoxy groups -OCH3 is 1. The van der Waals surface area contributed by atoms with E-state index in [0.717, 1.165) is 26.1 Å². The predicted octanol–water partition coefficient (Wildman–Crippen LogP) is 0.174. The maximum Gasteiger partial charge on any atom is 0.308 e. The predicted molar refractivity (Wildman–Crippen MR) is 48.4 cm³/mol. The molecule has 4 nitrogen and oxygen atoms in total. The van der Waals surface area contributed by atoms with Crippen LogP contribution in [-0.2, 0) is 14.3 Å². The Bertz CT molecular complexity index is 166. The van der Waals surface area contributed by atoms with E-state index in [0.29, 0.717) is 0 Å². The first-order valence-corrected chi connectivity index (χ1v) is 4.64. The zero-order valence-corrected chi connectivity index (χ0v) is 8.21. The van der Waals surface area contributed by atoms with E-state index in [-0.39, 0.29) is 18.0 Å². The van der Waals surface area contributed by atoms with Gasteiger partial charge >= 0.3 is 5.97 Å². The molecular formula is C9H17NO3. The van der Waals surface area contributed by atoms with E-state index in [4.69, 9.17) is 4.74 Å². The Morgan fingerprint density at radius 3 is 3.08 bits per heavy atom. The van der Waals surface area contributed by atoms with Crippen LogP contribution in [0.25, 0.3) is 0 Å². The Kier molecular flexibility index (Phi) is 4.18. The molecule has 0 aromatic heterocycles. The monoisotopic (exact) mass is 187 g/mol. The zero-order valence-electron chi connectivity index (χ0n) is 8.21. The summed E-state index contributed by atoms with van der Waals surface area (Å²) in [6.45, 7) is 4.34. The number of rotatable bonds is 3. The Morgan fingerprint density at radius 1 is 1.77 bits per heavy atom. The number of nitrogens with one attached hydrogen (secondary N) is 1. The van der Waals surface area contributed by atoms with Gasteiger partial charge in [-0.15, -0.1) is 0 Å². The normalized spacial score (nSPS) is 25.2. The molecular weight excluding hydrogens is 170 g/mol. The molecule has 1 N–H and O–H groups in total. The van der Waals surface area contributed by atoms with Crippen molar-refractivity contribution < 1.29 is 14.3 Å². The van der Waals surface area contributed by atoms with Crippen LogP contribution in [0.3, 0.4) is 0 Å². The molecule has 1 heterocycles. The van der Waals surface area contributed by atoms with Crippen LogP contribution in [0.4, 0.5) is 0 Å². The maximum absolute atomic E-state index is 11.1. The van der Waals surface area contributed by atoms with Gasteiger partial charge in [-0.1, -0.05) is 6.92 Å². The Balaban J connectivity index is 2.25. The van der Waals surface area contributed by atoms with Gasteiger partial charge in [0.1, 0.15) is 0 Å². The quantitative estimate of drug-likeness (QED) is 0.640. The van der Waals surface area contributed by atoms with Crippen molar-refractivity contribution in [2.24, 2.45) is 5.92 Å². The minimum Gasteiger partial charge on any atom is -0.469 e. The highest BCUT2D eigenvalue weighted by atomic mass is 16.5. The third-order valence-corrected chi connectivity index (χ3v) is 2.22. The first-order chi connectivity index (χ1) is 6.24. The number of esters is 1. The molecule has 2 atom stereocenters. The second kappa shape index (κ2) is 5.19. The van der Waals surface area contributed by atoms with Gasteiger partial charge in [-0.05, 0) is 6.42 Å². The molecule has 0 radical (unpaired) electrons. The molecule has 0 aromatic carbocycles. The van der Waals surface area contributed by atoms with Crippen LogP contribution in [0.15, 0.2) is 0 Å². The fourth-order valence-electron chi connectivity index (χ4n) is 1.46. The molecule has 0 bridgehead atoms. The van der Waals surface area contributed by atoms with Gasteiger partial charge in [0, 0.05) is 13.1 Å². The van der Waals surface area contributed by atoms with Gasteiger partial charge in [0.05, 0.1) is 25.7 Å². The molecule has 0 aromatic rings. The summed E-state index contributed by atoms with van der Waals surface area (Å²) in [5, 5.41) is 3.22. The lowest BCUT2D eigenvalue weighted by atomic mass is 10.0. The number of hydrogen-bond acceptors (Lipinski definition) is 4. The van der Waals surface area contributed by atoms with Crippen molar-refractivity contribution >= 4 is 5.97 Å². The van der Waals surface area contributed by atoms with E-state index >= 15 is 0 Å². The molecule has 0 amide bonds. The van der Waals surface area contributed by atoms with Gasteiger partial charge in [0.25, 0.3) is 0 Å². The lowest BCUT2D eigenvalue weighted by Gasteiger charge is -2.25. The van der Waals surface area contributed by atoms with Crippen molar-refractivity contribution in [3.8, 4) is 0 Å². The average Bonchev–Trinajstić information content (AvgIpc) is 2.18. The molecule has 1 saturated heterocycles. The third kappa shape index (κ3) is 3.32. The largest absolute Gasteiger partial charge is 0.469 e. The first kappa shape index (κ1) is 10.5. The van der Waals surface area contributed by atoms with Crippen molar-refractivity contribution in [1.82, 2.24) is 5.32 Å². The first-order valence-electron chi connectivity index (χ1n) is 4.64. The Hall–Kier alpha value is -0.610. The smallest absolute Gasteiger partial charge is 0.308 e. The standard InChI is InChI=1S/C9H17NO3/c1-7(9(11)12-2)5-8-6-10-3-4-13-8/h7-8,10H,3-6H2,1-2H3/t7-,8?/m0/s1. The summed E-state index contributed by atoms with van der Waals surface area (Å²) in [5.74, 6) is -0.232. The lowest BCUT2D eigenvalue weighted by Crippen LogP contribution is -2.40. The number of morpholine rings is 1. The molecule has 13 heavy (non-hydrogen) atoms. The average molecular weight is 187 g/mol. The van der Waals surface area contributed by atoms with Crippen LogP contribution in [0.5, 0.6) is 0 Å². The van der Waals surface area contributed by atoms with E-state index < -0.39 is 0 Å². The van der Waals surface area contributed by atoms with Crippen molar-refractivity contribution in [2.45, 2.75) is 19.4 Å². The van der Waals surface area contributed by atoms with Crippen LogP contribution in [0.2, 0.25) is 0 Å². The minimum absolute atomic E-state index is 0.0742. The third-order valence-electron chi connectivity index (χ3n) is 2.22. The fraction of sp³-hybridized carbons (Fsp3) is 0.889. The van der Waals surface area contributed by atoms with E-state index in [2.05, 4.69) is 10.1 Å². The summed E-state index contributed by atoms with van der Waals surface area (Å²) in [5.41, 5.74) is 0. The topological polar surface area (TPSA) is 47.6 Å². The van der Waals surface area contributed by atoms with Gasteiger partial charge in [-0.2, -0.15) is 0 Å². The molecule has 1 rings (SSSR count). The summed E-state index contributed by atoms with van der Waals surface area (Å²) < 4.78 is 10.1. The van der Waals surface area contributed by atoms with Crippen LogP contribution in [0, 0.1) is 5.92 Å². The van der Waals surface area contributed by atoms with E-state index in [1.165, 1.54) is 7.11 Å². The molecule has 76 valence electrons. The summed E-state index contributed by atoms with van der Waals surface area (Å²) in [4.78, 5) is 11.1. The molecule has 0 spiro atoms. The van der Waals surface area contributed by atoms with Gasteiger partial charge < -0.3 is 14.8 Å². The molecule has 1 unspecified atom stereocenters. The highest BCUT2D eigenvalue weighted by Crippen LogP contribution is 2.11. The number of carbonyl (C=O) groups is 1. The van der Waals surface area contributed by atoms with Crippen molar-refractivity contribution in [1.29, 1.82) is 0 Å². The summed E-state index contributed by atoms with van der Waals surface area (Å²) in [7, 11) is 1.42. The summed E-state index contributed by atoms with van der Waals surface area (Å²) in [6, 6.07) is 0. The SMILES string of the molecule is COC(=O)[C@@H](C)CC1CNCCO1. The molecule has 1 fully saturated rings. The molecule has 4 heteroatoms. The van der Waals surface area contributed by atoms with Crippen molar-refractivity contribution in [3.63, 3.8) is 0 Å². The van der Waals surface area contributed by atoms with Crippen molar-refractivity contribution in [3.05, 3.63) is 0 Å². The maximum atomic E-state index is 11.1. The van der Waals surface area contributed by atoms with Gasteiger partial charge in [-0.25, -0.2) is 0 Å². The van der Waals surface area contributed by atoms with Gasteiger partial charge in [0.2, 0.25) is 0 Å². The van der Waals surface area contributed by atoms with Gasteiger partial charge in [0.15, 0.2) is 0 Å². The second-order valence-corrected chi connectivity index (χ2v) is 3.36. The minimum atomic E-state index is -0.158. The summed E-state index contributed by atoms with van der Waals surface area (Å²) in [6.07, 6.45) is 0.891. The number of ether oxygens (including phenoxy) is 2. The molecule has 1 aliphatic rings. The molecule has 0 aliphatic carbocycles. The molecule has 0 saturated carbocycles. The van der Waals surface area contributed by atoms with Crippen LogP contribution >= 0.6 is 0 Å². The summed E-state index contributed by atoms with van der Waals surface area (Å²) >= 11 is 0. The van der Waals surface area contributed by atoms with Crippen LogP contribution < -0.4 is 5.32 Å². The highest BCUT2D eigenvalue weighted by Gasteiger charge is 2.21. The van der Waals surface area contributed by atoms with Crippen molar-refractivity contribution in [2.75, 3.05) is 26.8 Å². The van der Waals surface area contributed by atoms with E-state index in [9.17, 15) is 4.79 Å². The lowest BCUT2D eigenvalue weighted by molar-refractivity contribution is -0.146. The van der Waals surface area contributed by atoms with E-state index in [1.807, 2.05) is 6.92 Å². The second-order valence-electron chi connectivity index (χ2n) is 3.36. The Morgan fingerprint density at radius 2 is 2.54 bits per heavy atom. The number of carbonyl (C=O) groups excluding carboxylic acids is 1. The fourth-order valence-corrected chi connectivity index (χ4v) is 1.46. The van der Waals surface area contributed by atoms with E-state index in [1.54, 1.807) is 0 Å². The van der Waals surface area contributed by atoms with Gasteiger partial charge in [-0.3, -0.25) is 4.79 Å². The van der Waals surface area contributed by atoms with Crippen LogP contribution in [0.1, 0.15) is 13.3 Å². The molecule has 1 aliphatic heterocycles. The van der Waals surface area contributed by atoms with Crippen LogP contribution in [-0.4, -0.2) is 38.9 Å². The highest BCUT2D eigenvalue weighted by molar-refractivity contribution is 5.71. The number of hydrogen-bond donors (Lipinski definition) is 1.